The minimum Gasteiger partial charge on any atom is -0.372 e. The number of benzene rings is 2. The smallest absolute Gasteiger partial charge is 0.355 e. The topological polar surface area (TPSA) is 129 Å². The van der Waals surface area contributed by atoms with Crippen LogP contribution in [0.2, 0.25) is 5.02 Å². The number of ether oxygens (including phenoxy) is 1. The minimum atomic E-state index is -1.67. The molecule has 2 aromatic carbocycles. The predicted molar refractivity (Wildman–Crippen MR) is 142 cm³/mol. The van der Waals surface area contributed by atoms with Gasteiger partial charge in [-0.3, -0.25) is 9.36 Å². The molecule has 0 bridgehead atoms. The molecule has 0 spiro atoms. The first-order valence-corrected chi connectivity index (χ1v) is 12.6. The van der Waals surface area contributed by atoms with Crippen LogP contribution in [0.1, 0.15) is 17.0 Å². The Morgan fingerprint density at radius 2 is 1.80 bits per heavy atom. The normalized spacial score (nSPS) is 13.0. The lowest BCUT2D eigenvalue weighted by atomic mass is 10.2. The van der Waals surface area contributed by atoms with E-state index < -0.39 is 47.5 Å². The van der Waals surface area contributed by atoms with Crippen molar-refractivity contribution in [1.29, 1.82) is 0 Å². The van der Waals surface area contributed by atoms with E-state index in [9.17, 15) is 27.6 Å². The van der Waals surface area contributed by atoms with E-state index in [-0.39, 0.29) is 27.8 Å². The third kappa shape index (κ3) is 4.91. The average Bonchev–Trinajstić information content (AvgIpc) is 3.30. The Morgan fingerprint density at radius 3 is 2.56 bits per heavy atom. The Morgan fingerprint density at radius 1 is 1.02 bits per heavy atom. The molecule has 0 unspecified atom stereocenters. The molecule has 0 amide bonds. The van der Waals surface area contributed by atoms with Gasteiger partial charge in [-0.1, -0.05) is 17.7 Å². The molecule has 41 heavy (non-hydrogen) atoms. The number of pyridine rings is 1. The van der Waals surface area contributed by atoms with Gasteiger partial charge in [-0.15, -0.1) is 0 Å². The van der Waals surface area contributed by atoms with Gasteiger partial charge < -0.3 is 19.6 Å². The molecule has 15 heteroatoms. The highest BCUT2D eigenvalue weighted by Crippen LogP contribution is 2.31. The van der Waals surface area contributed by atoms with Crippen molar-refractivity contribution in [3.63, 3.8) is 0 Å². The van der Waals surface area contributed by atoms with E-state index >= 15 is 0 Å². The Balaban J connectivity index is 1.48. The molecule has 0 atom stereocenters. The van der Waals surface area contributed by atoms with Crippen LogP contribution in [-0.4, -0.2) is 35.3 Å². The maximum Gasteiger partial charge on any atom is 0.355 e. The standard InChI is InChI=1S/C26H19ClF3N7O4/c27-15-8-19-20(35-4-5-41-12-21(35)32-19)9-18(15)33-24-34-25(39)37(11-14-2-1-3-31-23(14)38)26(40)36(24)10-13-6-16(28)22(30)17(29)7-13/h1-3,6-9H,4-5,10-12H2,(H,31,38)(H,33,34,39). The molecule has 210 valence electrons. The molecule has 0 radical (unpaired) electrons. The van der Waals surface area contributed by atoms with Crippen molar-refractivity contribution in [3.8, 4) is 0 Å². The van der Waals surface area contributed by atoms with Crippen LogP contribution in [0.4, 0.5) is 24.8 Å². The number of fused-ring (bicyclic) bond motifs is 3. The molecule has 11 nitrogen and oxygen atoms in total. The third-order valence-electron chi connectivity index (χ3n) is 6.62. The highest BCUT2D eigenvalue weighted by molar-refractivity contribution is 6.34. The summed E-state index contributed by atoms with van der Waals surface area (Å²) in [6, 6.07) is 7.67. The lowest BCUT2D eigenvalue weighted by Gasteiger charge is -2.17. The lowest BCUT2D eigenvalue weighted by Crippen LogP contribution is -2.43. The van der Waals surface area contributed by atoms with Crippen LogP contribution in [-0.2, 0) is 31.0 Å². The van der Waals surface area contributed by atoms with E-state index in [1.165, 1.54) is 18.3 Å². The highest BCUT2D eigenvalue weighted by atomic mass is 35.5. The molecule has 1 aliphatic heterocycles. The zero-order valence-electron chi connectivity index (χ0n) is 21.0. The maximum absolute atomic E-state index is 14.0. The number of nitrogens with zero attached hydrogens (tertiary/aromatic N) is 5. The fourth-order valence-corrected chi connectivity index (χ4v) is 4.83. The van der Waals surface area contributed by atoms with Gasteiger partial charge in [0.1, 0.15) is 12.4 Å². The van der Waals surface area contributed by atoms with E-state index in [2.05, 4.69) is 20.3 Å². The van der Waals surface area contributed by atoms with Crippen molar-refractivity contribution in [2.75, 3.05) is 11.9 Å². The Hall–Kier alpha value is -4.69. The van der Waals surface area contributed by atoms with Gasteiger partial charge in [-0.05, 0) is 35.9 Å². The van der Waals surface area contributed by atoms with Gasteiger partial charge >= 0.3 is 11.4 Å². The van der Waals surface area contributed by atoms with Crippen LogP contribution in [0.3, 0.4) is 0 Å². The predicted octanol–water partition coefficient (Wildman–Crippen LogP) is 2.88. The summed E-state index contributed by atoms with van der Waals surface area (Å²) in [6.07, 6.45) is 1.39. The molecule has 6 rings (SSSR count). The summed E-state index contributed by atoms with van der Waals surface area (Å²) < 4.78 is 50.7. The van der Waals surface area contributed by atoms with Crippen molar-refractivity contribution in [2.45, 2.75) is 26.2 Å². The molecule has 0 fully saturated rings. The minimum absolute atomic E-state index is 0.0996. The number of imidazole rings is 1. The second-order valence-corrected chi connectivity index (χ2v) is 9.66. The zero-order valence-corrected chi connectivity index (χ0v) is 21.7. The van der Waals surface area contributed by atoms with Crippen molar-refractivity contribution in [2.24, 2.45) is 0 Å². The van der Waals surface area contributed by atoms with Crippen LogP contribution < -0.4 is 22.3 Å². The second kappa shape index (κ2) is 10.4. The summed E-state index contributed by atoms with van der Waals surface area (Å²) in [5.41, 5.74) is -0.908. The van der Waals surface area contributed by atoms with Crippen LogP contribution in [0.25, 0.3) is 11.0 Å². The number of rotatable bonds is 6. The van der Waals surface area contributed by atoms with E-state index in [0.717, 1.165) is 16.7 Å². The van der Waals surface area contributed by atoms with Gasteiger partial charge in [0.05, 0.1) is 41.4 Å². The first-order chi connectivity index (χ1) is 19.7. The zero-order chi connectivity index (χ0) is 28.8. The van der Waals surface area contributed by atoms with Gasteiger partial charge in [-0.25, -0.2) is 32.3 Å². The molecule has 4 heterocycles. The first-order valence-electron chi connectivity index (χ1n) is 12.2. The molecular formula is C26H19ClF3N7O4. The Bertz CT molecular complexity index is 1990. The molecular weight excluding hydrogens is 567 g/mol. The van der Waals surface area contributed by atoms with E-state index in [4.69, 9.17) is 16.3 Å². The molecule has 1 aliphatic rings. The fourth-order valence-electron chi connectivity index (χ4n) is 4.63. The Kier molecular flexibility index (Phi) is 6.71. The second-order valence-electron chi connectivity index (χ2n) is 9.25. The molecule has 0 saturated heterocycles. The molecule has 2 N–H and O–H groups in total. The Labute approximate surface area is 232 Å². The van der Waals surface area contributed by atoms with Crippen LogP contribution in [0, 0.1) is 17.5 Å². The number of hydrogen-bond acceptors (Lipinski definition) is 7. The van der Waals surface area contributed by atoms with E-state index in [1.54, 1.807) is 12.1 Å². The summed E-state index contributed by atoms with van der Waals surface area (Å²) in [6.45, 7) is 0.421. The summed E-state index contributed by atoms with van der Waals surface area (Å²) in [7, 11) is 0. The van der Waals surface area contributed by atoms with Crippen molar-refractivity contribution in [1.82, 2.24) is 28.7 Å². The number of hydrogen-bond donors (Lipinski definition) is 2. The molecule has 0 aliphatic carbocycles. The molecule has 3 aromatic heterocycles. The number of halogens is 4. The lowest BCUT2D eigenvalue weighted by molar-refractivity contribution is 0.0830. The van der Waals surface area contributed by atoms with E-state index in [1.807, 2.05) is 4.57 Å². The number of H-pyrrole nitrogens is 1. The van der Waals surface area contributed by atoms with Gasteiger partial charge in [0.15, 0.2) is 17.5 Å². The van der Waals surface area contributed by atoms with Crippen molar-refractivity contribution < 1.29 is 17.9 Å². The summed E-state index contributed by atoms with van der Waals surface area (Å²) in [5.74, 6) is -4.18. The highest BCUT2D eigenvalue weighted by Gasteiger charge is 2.20. The number of aromatic amines is 1. The average molecular weight is 586 g/mol. The fraction of sp³-hybridized carbons (Fsp3) is 0.192. The van der Waals surface area contributed by atoms with Gasteiger partial charge in [0, 0.05) is 18.3 Å². The van der Waals surface area contributed by atoms with Gasteiger partial charge in [0.25, 0.3) is 5.56 Å². The molecule has 0 saturated carbocycles. The van der Waals surface area contributed by atoms with Crippen LogP contribution >= 0.6 is 11.6 Å². The summed E-state index contributed by atoms with van der Waals surface area (Å²) in [4.78, 5) is 49.8. The summed E-state index contributed by atoms with van der Waals surface area (Å²) in [5, 5.41) is 3.07. The van der Waals surface area contributed by atoms with Crippen molar-refractivity contribution >= 4 is 34.3 Å². The SMILES string of the molecule is O=c1[nH]cccc1Cn1c(=O)nc(Nc2cc3c(cc2Cl)nc2n3CCOC2)n(Cc2cc(F)c(F)c(F)c2)c1=O. The third-order valence-corrected chi connectivity index (χ3v) is 6.93. The number of anilines is 2. The number of nitrogens with one attached hydrogen (secondary N) is 2. The maximum atomic E-state index is 14.0. The summed E-state index contributed by atoms with van der Waals surface area (Å²) >= 11 is 6.50. The van der Waals surface area contributed by atoms with E-state index in [0.29, 0.717) is 41.2 Å². The number of aromatic nitrogens is 6. The quantitative estimate of drug-likeness (QED) is 0.293. The first kappa shape index (κ1) is 26.5. The van der Waals surface area contributed by atoms with Crippen LogP contribution in [0.15, 0.2) is 57.0 Å². The van der Waals surface area contributed by atoms with Gasteiger partial charge in [0.2, 0.25) is 5.95 Å². The molecule has 5 aromatic rings. The monoisotopic (exact) mass is 585 g/mol. The van der Waals surface area contributed by atoms with Crippen molar-refractivity contribution in [3.05, 3.63) is 113 Å². The van der Waals surface area contributed by atoms with Gasteiger partial charge in [-0.2, -0.15) is 4.98 Å². The largest absolute Gasteiger partial charge is 0.372 e. The van der Waals surface area contributed by atoms with Crippen LogP contribution in [0.5, 0.6) is 0 Å².